The monoisotopic (exact) mass is 292 g/mol. The summed E-state index contributed by atoms with van der Waals surface area (Å²) in [5.41, 5.74) is 0. The van der Waals surface area contributed by atoms with E-state index in [1.54, 1.807) is 24.3 Å². The van der Waals surface area contributed by atoms with Crippen molar-refractivity contribution >= 4 is 11.6 Å². The van der Waals surface area contributed by atoms with E-state index in [0.29, 0.717) is 34.1 Å². The lowest BCUT2D eigenvalue weighted by molar-refractivity contribution is 0.174. The lowest BCUT2D eigenvalue weighted by atomic mass is 10.2. The third kappa shape index (κ3) is 2.63. The molecule has 1 aliphatic rings. The molecule has 0 amide bonds. The van der Waals surface area contributed by atoms with Gasteiger partial charge in [0, 0.05) is 18.1 Å². The smallest absolute Gasteiger partial charge is 0.231 e. The summed E-state index contributed by atoms with van der Waals surface area (Å²) in [5, 5.41) is 0.361. The largest absolute Gasteiger partial charge is 0.454 e. The van der Waals surface area contributed by atoms with Crippen LogP contribution in [-0.2, 0) is 0 Å². The Kier molecular flexibility index (Phi) is 3.36. The molecule has 0 saturated carbocycles. The second kappa shape index (κ2) is 5.17. The molecule has 1 aromatic heterocycles. The zero-order valence-corrected chi connectivity index (χ0v) is 11.8. The van der Waals surface area contributed by atoms with Crippen molar-refractivity contribution in [2.24, 2.45) is 0 Å². The molecule has 0 bridgehead atoms. The lowest BCUT2D eigenvalue weighted by Crippen LogP contribution is -1.99. The van der Waals surface area contributed by atoms with Crippen molar-refractivity contribution in [2.75, 3.05) is 6.79 Å². The molecule has 0 radical (unpaired) electrons. The van der Waals surface area contributed by atoms with Gasteiger partial charge >= 0.3 is 0 Å². The fraction of sp³-hybridized carbons (Fsp3) is 0.286. The van der Waals surface area contributed by atoms with Crippen molar-refractivity contribution in [1.82, 2.24) is 9.97 Å². The van der Waals surface area contributed by atoms with Crippen LogP contribution in [0.25, 0.3) is 0 Å². The number of hydrogen-bond acceptors (Lipinski definition) is 5. The summed E-state index contributed by atoms with van der Waals surface area (Å²) in [6.45, 7) is 4.22. The standard InChI is InChI=1S/C14H13ClN2O3/c1-8(2)14-16-12(15)6-13(17-14)20-9-3-4-10-11(5-9)19-7-18-10/h3-6,8H,7H2,1-2H3. The molecule has 1 aromatic carbocycles. The normalized spacial score (nSPS) is 12.8. The summed E-state index contributed by atoms with van der Waals surface area (Å²) in [5.74, 6) is 3.21. The van der Waals surface area contributed by atoms with Crippen LogP contribution in [0.4, 0.5) is 0 Å². The maximum Gasteiger partial charge on any atom is 0.231 e. The van der Waals surface area contributed by atoms with E-state index >= 15 is 0 Å². The Morgan fingerprint density at radius 2 is 1.95 bits per heavy atom. The Balaban J connectivity index is 1.87. The highest BCUT2D eigenvalue weighted by molar-refractivity contribution is 6.29. The molecule has 0 unspecified atom stereocenters. The zero-order chi connectivity index (χ0) is 14.1. The third-order valence-electron chi connectivity index (χ3n) is 2.77. The van der Waals surface area contributed by atoms with Crippen molar-refractivity contribution in [3.8, 4) is 23.1 Å². The van der Waals surface area contributed by atoms with E-state index in [4.69, 9.17) is 25.8 Å². The van der Waals surface area contributed by atoms with Gasteiger partial charge in [0.1, 0.15) is 16.7 Å². The van der Waals surface area contributed by atoms with Gasteiger partial charge in [0.2, 0.25) is 12.7 Å². The van der Waals surface area contributed by atoms with E-state index in [1.807, 2.05) is 13.8 Å². The predicted molar refractivity (Wildman–Crippen MR) is 73.8 cm³/mol. The molecular formula is C14H13ClN2O3. The fourth-order valence-electron chi connectivity index (χ4n) is 1.79. The maximum atomic E-state index is 5.98. The highest BCUT2D eigenvalue weighted by atomic mass is 35.5. The summed E-state index contributed by atoms with van der Waals surface area (Å²) in [4.78, 5) is 8.49. The summed E-state index contributed by atoms with van der Waals surface area (Å²) in [6.07, 6.45) is 0. The van der Waals surface area contributed by atoms with E-state index < -0.39 is 0 Å². The Morgan fingerprint density at radius 3 is 2.75 bits per heavy atom. The fourth-order valence-corrected chi connectivity index (χ4v) is 1.97. The van der Waals surface area contributed by atoms with Crippen molar-refractivity contribution < 1.29 is 14.2 Å². The Bertz CT molecular complexity index is 646. The van der Waals surface area contributed by atoms with Crippen LogP contribution in [0.3, 0.4) is 0 Å². The van der Waals surface area contributed by atoms with Gasteiger partial charge in [0.15, 0.2) is 11.5 Å². The Morgan fingerprint density at radius 1 is 1.15 bits per heavy atom. The number of hydrogen-bond donors (Lipinski definition) is 0. The van der Waals surface area contributed by atoms with Gasteiger partial charge in [-0.1, -0.05) is 25.4 Å². The topological polar surface area (TPSA) is 53.5 Å². The first-order valence-corrected chi connectivity index (χ1v) is 6.61. The number of rotatable bonds is 3. The van der Waals surface area contributed by atoms with Gasteiger partial charge in [-0.3, -0.25) is 0 Å². The van der Waals surface area contributed by atoms with Gasteiger partial charge in [-0.15, -0.1) is 0 Å². The molecule has 5 nitrogen and oxygen atoms in total. The van der Waals surface area contributed by atoms with Gasteiger partial charge < -0.3 is 14.2 Å². The number of aromatic nitrogens is 2. The minimum atomic E-state index is 0.174. The van der Waals surface area contributed by atoms with Crippen LogP contribution >= 0.6 is 11.6 Å². The second-order valence-electron chi connectivity index (χ2n) is 4.66. The minimum Gasteiger partial charge on any atom is -0.454 e. The highest BCUT2D eigenvalue weighted by Gasteiger charge is 2.15. The summed E-state index contributed by atoms with van der Waals surface area (Å²) in [6, 6.07) is 6.92. The maximum absolute atomic E-state index is 5.98. The molecule has 0 aliphatic carbocycles. The number of benzene rings is 1. The number of halogens is 1. The molecule has 104 valence electrons. The van der Waals surface area contributed by atoms with E-state index in [1.165, 1.54) is 0 Å². The van der Waals surface area contributed by atoms with E-state index in [-0.39, 0.29) is 12.7 Å². The number of ether oxygens (including phenoxy) is 3. The molecule has 1 aliphatic heterocycles. The van der Waals surface area contributed by atoms with Crippen LogP contribution in [0.1, 0.15) is 25.6 Å². The Hall–Kier alpha value is -2.01. The molecule has 0 saturated heterocycles. The van der Waals surface area contributed by atoms with Crippen LogP contribution in [0.5, 0.6) is 23.1 Å². The molecule has 0 fully saturated rings. The van der Waals surface area contributed by atoms with Gasteiger partial charge in [-0.05, 0) is 12.1 Å². The summed E-state index contributed by atoms with van der Waals surface area (Å²) in [7, 11) is 0. The Labute approximate surface area is 121 Å². The molecule has 0 spiro atoms. The quantitative estimate of drug-likeness (QED) is 0.806. The van der Waals surface area contributed by atoms with Crippen molar-refractivity contribution in [1.29, 1.82) is 0 Å². The SMILES string of the molecule is CC(C)c1nc(Cl)cc(Oc2ccc3c(c2)OCO3)n1. The molecular weight excluding hydrogens is 280 g/mol. The minimum absolute atomic E-state index is 0.174. The molecule has 3 rings (SSSR count). The molecule has 6 heteroatoms. The van der Waals surface area contributed by atoms with Gasteiger partial charge in [-0.25, -0.2) is 4.98 Å². The molecule has 0 atom stereocenters. The first-order chi connectivity index (χ1) is 9.61. The van der Waals surface area contributed by atoms with Crippen LogP contribution < -0.4 is 14.2 Å². The number of fused-ring (bicyclic) bond motifs is 1. The second-order valence-corrected chi connectivity index (χ2v) is 5.05. The van der Waals surface area contributed by atoms with E-state index in [0.717, 1.165) is 0 Å². The average molecular weight is 293 g/mol. The van der Waals surface area contributed by atoms with E-state index in [2.05, 4.69) is 9.97 Å². The van der Waals surface area contributed by atoms with Crippen molar-refractivity contribution in [3.63, 3.8) is 0 Å². The third-order valence-corrected chi connectivity index (χ3v) is 2.97. The molecule has 0 N–H and O–H groups in total. The highest BCUT2D eigenvalue weighted by Crippen LogP contribution is 2.36. The molecule has 2 aromatic rings. The average Bonchev–Trinajstić information content (AvgIpc) is 2.85. The van der Waals surface area contributed by atoms with Gasteiger partial charge in [-0.2, -0.15) is 4.98 Å². The van der Waals surface area contributed by atoms with Crippen LogP contribution in [-0.4, -0.2) is 16.8 Å². The predicted octanol–water partition coefficient (Wildman–Crippen LogP) is 3.77. The molecule has 2 heterocycles. The number of nitrogens with zero attached hydrogens (tertiary/aromatic N) is 2. The van der Waals surface area contributed by atoms with E-state index in [9.17, 15) is 0 Å². The van der Waals surface area contributed by atoms with Crippen LogP contribution in [0.15, 0.2) is 24.3 Å². The van der Waals surface area contributed by atoms with Gasteiger partial charge in [0.05, 0.1) is 0 Å². The summed E-state index contributed by atoms with van der Waals surface area (Å²) < 4.78 is 16.3. The van der Waals surface area contributed by atoms with Crippen LogP contribution in [0, 0.1) is 0 Å². The lowest BCUT2D eigenvalue weighted by Gasteiger charge is -2.09. The first kappa shape index (κ1) is 13.0. The van der Waals surface area contributed by atoms with Crippen LogP contribution in [0.2, 0.25) is 5.15 Å². The van der Waals surface area contributed by atoms with Gasteiger partial charge in [0.25, 0.3) is 0 Å². The first-order valence-electron chi connectivity index (χ1n) is 6.24. The van der Waals surface area contributed by atoms with Crippen molar-refractivity contribution in [2.45, 2.75) is 19.8 Å². The van der Waals surface area contributed by atoms with Crippen molar-refractivity contribution in [3.05, 3.63) is 35.2 Å². The molecule has 20 heavy (non-hydrogen) atoms. The summed E-state index contributed by atoms with van der Waals surface area (Å²) >= 11 is 5.98. The zero-order valence-electron chi connectivity index (χ0n) is 11.1.